The van der Waals surface area contributed by atoms with Crippen LogP contribution >= 0.6 is 0 Å². The summed E-state index contributed by atoms with van der Waals surface area (Å²) in [5.41, 5.74) is 0. The van der Waals surface area contributed by atoms with Crippen molar-refractivity contribution in [2.24, 2.45) is 17.8 Å². The third-order valence-electron chi connectivity index (χ3n) is 4.19. The molecular formula is C16H34N2. The summed E-state index contributed by atoms with van der Waals surface area (Å²) in [5, 5.41) is 3.58. The van der Waals surface area contributed by atoms with Crippen molar-refractivity contribution in [3.8, 4) is 0 Å². The van der Waals surface area contributed by atoms with E-state index in [1.807, 2.05) is 0 Å². The maximum absolute atomic E-state index is 3.58. The first-order valence-electron chi connectivity index (χ1n) is 8.08. The van der Waals surface area contributed by atoms with Crippen molar-refractivity contribution >= 4 is 0 Å². The van der Waals surface area contributed by atoms with Gasteiger partial charge in [-0.3, -0.25) is 0 Å². The summed E-state index contributed by atoms with van der Waals surface area (Å²) in [4.78, 5) is 2.74. The van der Waals surface area contributed by atoms with E-state index in [-0.39, 0.29) is 0 Å². The van der Waals surface area contributed by atoms with E-state index in [1.54, 1.807) is 0 Å². The van der Waals surface area contributed by atoms with Crippen molar-refractivity contribution in [3.63, 3.8) is 0 Å². The van der Waals surface area contributed by atoms with Crippen LogP contribution in [0.1, 0.15) is 53.4 Å². The van der Waals surface area contributed by atoms with Crippen molar-refractivity contribution in [1.82, 2.24) is 10.2 Å². The lowest BCUT2D eigenvalue weighted by molar-refractivity contribution is 0.155. The first-order chi connectivity index (χ1) is 8.65. The fraction of sp³-hybridized carbons (Fsp3) is 1.00. The van der Waals surface area contributed by atoms with Gasteiger partial charge in [-0.2, -0.15) is 0 Å². The monoisotopic (exact) mass is 254 g/mol. The van der Waals surface area contributed by atoms with Crippen molar-refractivity contribution in [3.05, 3.63) is 0 Å². The normalized spacial score (nSPS) is 28.7. The molecule has 1 N–H and O–H groups in total. The first-order valence-corrected chi connectivity index (χ1v) is 8.08. The van der Waals surface area contributed by atoms with Crippen LogP contribution < -0.4 is 5.32 Å². The van der Waals surface area contributed by atoms with Gasteiger partial charge in [-0.1, -0.05) is 47.0 Å². The highest BCUT2D eigenvalue weighted by Crippen LogP contribution is 2.17. The molecule has 1 aliphatic rings. The smallest absolute Gasteiger partial charge is 0.00194 e. The number of unbranched alkanes of at least 4 members (excludes halogenated alkanes) is 1. The van der Waals surface area contributed by atoms with Gasteiger partial charge in [0.25, 0.3) is 0 Å². The molecule has 2 nitrogen and oxygen atoms in total. The Morgan fingerprint density at radius 3 is 2.22 bits per heavy atom. The highest BCUT2D eigenvalue weighted by Gasteiger charge is 2.19. The molecule has 0 saturated carbocycles. The topological polar surface area (TPSA) is 15.3 Å². The molecule has 0 amide bonds. The van der Waals surface area contributed by atoms with Crippen LogP contribution in [0.4, 0.5) is 0 Å². The molecule has 1 saturated heterocycles. The summed E-state index contributed by atoms with van der Waals surface area (Å²) >= 11 is 0. The van der Waals surface area contributed by atoms with Crippen LogP contribution in [0.5, 0.6) is 0 Å². The van der Waals surface area contributed by atoms with E-state index in [1.165, 1.54) is 58.4 Å². The minimum absolute atomic E-state index is 0.793. The molecule has 0 bridgehead atoms. The molecule has 1 rings (SSSR count). The second-order valence-corrected chi connectivity index (χ2v) is 6.50. The van der Waals surface area contributed by atoms with Gasteiger partial charge < -0.3 is 10.2 Å². The van der Waals surface area contributed by atoms with E-state index >= 15 is 0 Å². The van der Waals surface area contributed by atoms with E-state index in [0.29, 0.717) is 0 Å². The molecule has 108 valence electrons. The molecule has 1 aliphatic heterocycles. The van der Waals surface area contributed by atoms with Crippen LogP contribution in [0.3, 0.4) is 0 Å². The number of nitrogens with one attached hydrogen (secondary N) is 1. The predicted molar refractivity (Wildman–Crippen MR) is 80.9 cm³/mol. The van der Waals surface area contributed by atoms with Gasteiger partial charge in [0.05, 0.1) is 0 Å². The third-order valence-corrected chi connectivity index (χ3v) is 4.19. The second kappa shape index (κ2) is 8.92. The molecule has 0 aromatic heterocycles. The zero-order valence-corrected chi connectivity index (χ0v) is 13.0. The third kappa shape index (κ3) is 6.19. The molecule has 1 fully saturated rings. The minimum Gasteiger partial charge on any atom is -0.316 e. The molecule has 0 aromatic carbocycles. The summed E-state index contributed by atoms with van der Waals surface area (Å²) in [5.74, 6) is 2.50. The Morgan fingerprint density at radius 2 is 1.72 bits per heavy atom. The van der Waals surface area contributed by atoms with Crippen LogP contribution in [0, 0.1) is 17.8 Å². The lowest BCUT2D eigenvalue weighted by Gasteiger charge is -2.34. The Balaban J connectivity index is 2.43. The first kappa shape index (κ1) is 16.0. The fourth-order valence-electron chi connectivity index (χ4n) is 3.09. The SMILES string of the molecule is CCCCC(CC)CN1CC(C)CNCC(C)C1. The molecule has 0 radical (unpaired) electrons. The molecule has 0 spiro atoms. The lowest BCUT2D eigenvalue weighted by atomic mass is 9.97. The minimum atomic E-state index is 0.793. The van der Waals surface area contributed by atoms with Crippen LogP contribution in [0.25, 0.3) is 0 Å². The summed E-state index contributed by atoms with van der Waals surface area (Å²) < 4.78 is 0. The van der Waals surface area contributed by atoms with Gasteiger partial charge >= 0.3 is 0 Å². The largest absolute Gasteiger partial charge is 0.316 e. The molecule has 0 aromatic rings. The second-order valence-electron chi connectivity index (χ2n) is 6.50. The maximum atomic E-state index is 3.58. The Labute approximate surface area is 115 Å². The van der Waals surface area contributed by atoms with Gasteiger partial charge in [-0.15, -0.1) is 0 Å². The number of rotatable bonds is 6. The van der Waals surface area contributed by atoms with Gasteiger partial charge in [-0.05, 0) is 37.3 Å². The highest BCUT2D eigenvalue weighted by molar-refractivity contribution is 4.75. The van der Waals surface area contributed by atoms with Crippen molar-refractivity contribution < 1.29 is 0 Å². The van der Waals surface area contributed by atoms with Gasteiger partial charge in [0, 0.05) is 19.6 Å². The van der Waals surface area contributed by atoms with Crippen molar-refractivity contribution in [1.29, 1.82) is 0 Å². The van der Waals surface area contributed by atoms with Crippen LogP contribution in [-0.4, -0.2) is 37.6 Å². The summed E-state index contributed by atoms with van der Waals surface area (Å²) in [7, 11) is 0. The fourth-order valence-corrected chi connectivity index (χ4v) is 3.09. The standard InChI is InChI=1S/C16H34N2/c1-5-7-8-16(6-2)13-18-11-14(3)9-17-10-15(4)12-18/h14-17H,5-13H2,1-4H3. The zero-order valence-electron chi connectivity index (χ0n) is 13.0. The van der Waals surface area contributed by atoms with Crippen LogP contribution in [0.15, 0.2) is 0 Å². The van der Waals surface area contributed by atoms with E-state index in [4.69, 9.17) is 0 Å². The average molecular weight is 254 g/mol. The zero-order chi connectivity index (χ0) is 13.4. The summed E-state index contributed by atoms with van der Waals surface area (Å²) in [6.07, 6.45) is 5.51. The molecule has 1 heterocycles. The Morgan fingerprint density at radius 1 is 1.11 bits per heavy atom. The molecule has 3 atom stereocenters. The summed E-state index contributed by atoms with van der Waals surface area (Å²) in [6, 6.07) is 0. The van der Waals surface area contributed by atoms with Crippen molar-refractivity contribution in [2.45, 2.75) is 53.4 Å². The average Bonchev–Trinajstić information content (AvgIpc) is 2.32. The van der Waals surface area contributed by atoms with Gasteiger partial charge in [0.15, 0.2) is 0 Å². The van der Waals surface area contributed by atoms with E-state index in [9.17, 15) is 0 Å². The number of hydrogen-bond acceptors (Lipinski definition) is 2. The predicted octanol–water partition coefficient (Wildman–Crippen LogP) is 3.38. The van der Waals surface area contributed by atoms with Crippen LogP contribution in [-0.2, 0) is 0 Å². The van der Waals surface area contributed by atoms with E-state index in [0.717, 1.165) is 17.8 Å². The Kier molecular flexibility index (Phi) is 7.92. The quantitative estimate of drug-likeness (QED) is 0.782. The van der Waals surface area contributed by atoms with Crippen LogP contribution in [0.2, 0.25) is 0 Å². The lowest BCUT2D eigenvalue weighted by Crippen LogP contribution is -2.44. The Hall–Kier alpha value is -0.0800. The molecule has 0 aliphatic carbocycles. The molecule has 3 unspecified atom stereocenters. The van der Waals surface area contributed by atoms with E-state index < -0.39 is 0 Å². The summed E-state index contributed by atoms with van der Waals surface area (Å²) in [6.45, 7) is 15.7. The maximum Gasteiger partial charge on any atom is 0.00194 e. The highest BCUT2D eigenvalue weighted by atomic mass is 15.1. The van der Waals surface area contributed by atoms with Gasteiger partial charge in [0.1, 0.15) is 0 Å². The van der Waals surface area contributed by atoms with E-state index in [2.05, 4.69) is 37.9 Å². The Bertz CT molecular complexity index is 193. The molecule has 2 heteroatoms. The molecule has 18 heavy (non-hydrogen) atoms. The molecular weight excluding hydrogens is 220 g/mol. The van der Waals surface area contributed by atoms with Gasteiger partial charge in [0.2, 0.25) is 0 Å². The number of hydrogen-bond donors (Lipinski definition) is 1. The number of nitrogens with zero attached hydrogens (tertiary/aromatic N) is 1. The van der Waals surface area contributed by atoms with Gasteiger partial charge in [-0.25, -0.2) is 0 Å². The van der Waals surface area contributed by atoms with Crippen molar-refractivity contribution in [2.75, 3.05) is 32.7 Å².